The molecule has 0 amide bonds. The fourth-order valence-electron chi connectivity index (χ4n) is 2.23. The van der Waals surface area contributed by atoms with Gasteiger partial charge in [-0.3, -0.25) is 0 Å². The Morgan fingerprint density at radius 1 is 1.05 bits per heavy atom. The van der Waals surface area contributed by atoms with E-state index in [2.05, 4.69) is 53.6 Å². The summed E-state index contributed by atoms with van der Waals surface area (Å²) >= 11 is 1.81. The Morgan fingerprint density at radius 2 is 1.80 bits per heavy atom. The van der Waals surface area contributed by atoms with E-state index in [9.17, 15) is 0 Å². The van der Waals surface area contributed by atoms with Gasteiger partial charge < -0.3 is 4.57 Å². The Hall–Kier alpha value is -2.00. The van der Waals surface area contributed by atoms with E-state index in [1.54, 1.807) is 0 Å². The van der Waals surface area contributed by atoms with Crippen molar-refractivity contribution in [3.05, 3.63) is 73.1 Å². The Bertz CT molecular complexity index is 716. The molecule has 0 saturated heterocycles. The summed E-state index contributed by atoms with van der Waals surface area (Å²) in [4.78, 5) is 6.01. The van der Waals surface area contributed by atoms with Gasteiger partial charge in [-0.05, 0) is 24.3 Å². The normalized spacial score (nSPS) is 10.8. The molecule has 0 radical (unpaired) electrons. The molecule has 100 valence electrons. The summed E-state index contributed by atoms with van der Waals surface area (Å²) < 4.78 is 2.23. The van der Waals surface area contributed by atoms with Crippen molar-refractivity contribution in [1.29, 1.82) is 0 Å². The van der Waals surface area contributed by atoms with Gasteiger partial charge in [-0.15, -0.1) is 18.3 Å². The van der Waals surface area contributed by atoms with Crippen molar-refractivity contribution in [3.8, 4) is 0 Å². The number of benzene rings is 2. The number of para-hydroxylation sites is 2. The Balaban J connectivity index is 1.90. The fraction of sp³-hybridized carbons (Fsp3) is 0.118. The maximum absolute atomic E-state index is 4.74. The van der Waals surface area contributed by atoms with Crippen LogP contribution in [0.15, 0.2) is 72.1 Å². The average molecular weight is 280 g/mol. The third-order valence-electron chi connectivity index (χ3n) is 3.16. The van der Waals surface area contributed by atoms with Crippen LogP contribution in [0.2, 0.25) is 0 Å². The molecule has 2 nitrogen and oxygen atoms in total. The predicted octanol–water partition coefficient (Wildman–Crippen LogP) is 4.51. The van der Waals surface area contributed by atoms with Crippen molar-refractivity contribution in [2.45, 2.75) is 17.2 Å². The Labute approximate surface area is 123 Å². The number of rotatable bonds is 5. The molecule has 0 aliphatic carbocycles. The second-order valence-corrected chi connectivity index (χ2v) is 5.57. The summed E-state index contributed by atoms with van der Waals surface area (Å²) in [6.07, 6.45) is 1.92. The topological polar surface area (TPSA) is 17.8 Å². The minimum Gasteiger partial charge on any atom is -0.323 e. The van der Waals surface area contributed by atoms with E-state index >= 15 is 0 Å². The average Bonchev–Trinajstić information content (AvgIpc) is 2.85. The molecule has 2 aromatic carbocycles. The van der Waals surface area contributed by atoms with Gasteiger partial charge in [-0.1, -0.05) is 36.4 Å². The highest BCUT2D eigenvalue weighted by Crippen LogP contribution is 2.24. The van der Waals surface area contributed by atoms with Crippen LogP contribution in [-0.2, 0) is 12.3 Å². The lowest BCUT2D eigenvalue weighted by Gasteiger charge is -2.06. The summed E-state index contributed by atoms with van der Waals surface area (Å²) in [5.74, 6) is 1.96. The van der Waals surface area contributed by atoms with Gasteiger partial charge in [0.05, 0.1) is 16.8 Å². The maximum atomic E-state index is 4.74. The summed E-state index contributed by atoms with van der Waals surface area (Å²) in [7, 11) is 0. The molecular formula is C17H16N2S. The third kappa shape index (κ3) is 2.63. The van der Waals surface area contributed by atoms with Gasteiger partial charge in [0.2, 0.25) is 0 Å². The van der Waals surface area contributed by atoms with Crippen LogP contribution < -0.4 is 0 Å². The van der Waals surface area contributed by atoms with Crippen LogP contribution in [-0.4, -0.2) is 9.55 Å². The van der Waals surface area contributed by atoms with Gasteiger partial charge in [0, 0.05) is 11.4 Å². The first-order chi connectivity index (χ1) is 9.88. The van der Waals surface area contributed by atoms with Crippen LogP contribution >= 0.6 is 11.8 Å². The summed E-state index contributed by atoms with van der Waals surface area (Å²) in [6, 6.07) is 18.7. The Kier molecular flexibility index (Phi) is 3.88. The highest BCUT2D eigenvalue weighted by Gasteiger charge is 2.09. The minimum atomic E-state index is 0.797. The number of nitrogens with zero attached hydrogens (tertiary/aromatic N) is 2. The molecule has 1 aromatic heterocycles. The summed E-state index contributed by atoms with van der Waals surface area (Å²) in [6.45, 7) is 4.64. The van der Waals surface area contributed by atoms with Gasteiger partial charge in [0.1, 0.15) is 5.82 Å². The lowest BCUT2D eigenvalue weighted by Crippen LogP contribution is -2.00. The van der Waals surface area contributed by atoms with Crippen LogP contribution in [0.4, 0.5) is 0 Å². The molecule has 0 atom stereocenters. The smallest absolute Gasteiger partial charge is 0.120 e. The van der Waals surface area contributed by atoms with Crippen LogP contribution in [0.25, 0.3) is 11.0 Å². The molecule has 0 bridgehead atoms. The third-order valence-corrected chi connectivity index (χ3v) is 4.16. The van der Waals surface area contributed by atoms with Crippen LogP contribution in [0.3, 0.4) is 0 Å². The minimum absolute atomic E-state index is 0.797. The van der Waals surface area contributed by atoms with E-state index in [4.69, 9.17) is 4.98 Å². The standard InChI is InChI=1S/C17H16N2S/c1-2-12-19-16-11-7-6-10-15(16)18-17(19)13-20-14-8-4-3-5-9-14/h2-11H,1,12-13H2. The molecule has 3 heteroatoms. The molecular weight excluding hydrogens is 264 g/mol. The number of allylic oxidation sites excluding steroid dienone is 1. The van der Waals surface area contributed by atoms with Crippen LogP contribution in [0.1, 0.15) is 5.82 Å². The van der Waals surface area contributed by atoms with Gasteiger partial charge in [0.15, 0.2) is 0 Å². The molecule has 0 spiro atoms. The van der Waals surface area contributed by atoms with Crippen LogP contribution in [0, 0.1) is 0 Å². The number of imidazole rings is 1. The fourth-order valence-corrected chi connectivity index (χ4v) is 3.10. The van der Waals surface area contributed by atoms with E-state index in [0.29, 0.717) is 0 Å². The van der Waals surface area contributed by atoms with E-state index in [-0.39, 0.29) is 0 Å². The number of fused-ring (bicyclic) bond motifs is 1. The van der Waals surface area contributed by atoms with E-state index < -0.39 is 0 Å². The largest absolute Gasteiger partial charge is 0.323 e. The van der Waals surface area contributed by atoms with Crippen molar-refractivity contribution in [2.24, 2.45) is 0 Å². The van der Waals surface area contributed by atoms with E-state index in [1.165, 1.54) is 10.4 Å². The summed E-state index contributed by atoms with van der Waals surface area (Å²) in [5, 5.41) is 0. The van der Waals surface area contributed by atoms with Crippen molar-refractivity contribution < 1.29 is 0 Å². The molecule has 0 unspecified atom stereocenters. The first-order valence-electron chi connectivity index (χ1n) is 6.61. The number of thioether (sulfide) groups is 1. The zero-order chi connectivity index (χ0) is 13.8. The van der Waals surface area contributed by atoms with Crippen LogP contribution in [0.5, 0.6) is 0 Å². The van der Waals surface area contributed by atoms with Crippen molar-refractivity contribution in [3.63, 3.8) is 0 Å². The zero-order valence-electron chi connectivity index (χ0n) is 11.2. The summed E-state index contributed by atoms with van der Waals surface area (Å²) in [5.41, 5.74) is 2.23. The first-order valence-corrected chi connectivity index (χ1v) is 7.60. The van der Waals surface area contributed by atoms with E-state index in [1.807, 2.05) is 30.0 Å². The second-order valence-electron chi connectivity index (χ2n) is 4.52. The lowest BCUT2D eigenvalue weighted by atomic mass is 10.3. The SMILES string of the molecule is C=CCn1c(CSc2ccccc2)nc2ccccc21. The highest BCUT2D eigenvalue weighted by molar-refractivity contribution is 7.98. The molecule has 0 aliphatic rings. The van der Waals surface area contributed by atoms with Gasteiger partial charge in [-0.2, -0.15) is 0 Å². The lowest BCUT2D eigenvalue weighted by molar-refractivity contribution is 0.801. The van der Waals surface area contributed by atoms with Crippen molar-refractivity contribution >= 4 is 22.8 Å². The number of hydrogen-bond donors (Lipinski definition) is 0. The number of hydrogen-bond acceptors (Lipinski definition) is 2. The highest BCUT2D eigenvalue weighted by atomic mass is 32.2. The molecule has 1 heterocycles. The van der Waals surface area contributed by atoms with Crippen molar-refractivity contribution in [1.82, 2.24) is 9.55 Å². The molecule has 3 rings (SSSR count). The molecule has 0 fully saturated rings. The number of aromatic nitrogens is 2. The zero-order valence-corrected chi connectivity index (χ0v) is 12.0. The molecule has 0 saturated carbocycles. The quantitative estimate of drug-likeness (QED) is 0.505. The van der Waals surface area contributed by atoms with Gasteiger partial charge >= 0.3 is 0 Å². The van der Waals surface area contributed by atoms with Gasteiger partial charge in [0.25, 0.3) is 0 Å². The second kappa shape index (κ2) is 5.97. The predicted molar refractivity (Wildman–Crippen MR) is 85.9 cm³/mol. The monoisotopic (exact) mass is 280 g/mol. The van der Waals surface area contributed by atoms with Gasteiger partial charge in [-0.25, -0.2) is 4.98 Å². The first kappa shape index (κ1) is 13.0. The molecule has 20 heavy (non-hydrogen) atoms. The Morgan fingerprint density at radius 3 is 2.60 bits per heavy atom. The molecule has 0 aliphatic heterocycles. The molecule has 3 aromatic rings. The van der Waals surface area contributed by atoms with E-state index in [0.717, 1.165) is 23.6 Å². The molecule has 0 N–H and O–H groups in total. The maximum Gasteiger partial charge on any atom is 0.120 e. The van der Waals surface area contributed by atoms with Crippen molar-refractivity contribution in [2.75, 3.05) is 0 Å².